The van der Waals surface area contributed by atoms with Crippen LogP contribution in [0.25, 0.3) is 0 Å². The van der Waals surface area contributed by atoms with Crippen LogP contribution in [-0.4, -0.2) is 28.7 Å². The summed E-state index contributed by atoms with van der Waals surface area (Å²) in [6.45, 7) is 5.00. The van der Waals surface area contributed by atoms with Crippen LogP contribution in [0.15, 0.2) is 0 Å². The highest BCUT2D eigenvalue weighted by Crippen LogP contribution is 1.86. The second kappa shape index (κ2) is 8.99. The van der Waals surface area contributed by atoms with Gasteiger partial charge in [-0.15, -0.1) is 0 Å². The predicted molar refractivity (Wildman–Crippen MR) is 48.4 cm³/mol. The lowest BCUT2D eigenvalue weighted by Gasteiger charge is -1.91. The minimum absolute atomic E-state index is 0.296. The Kier molecular flexibility index (Phi) is 9.98. The summed E-state index contributed by atoms with van der Waals surface area (Å²) in [7, 11) is 0. The Morgan fingerprint density at radius 3 is 1.46 bits per heavy atom. The number of hydrogen-bond donors (Lipinski definition) is 3. The van der Waals surface area contributed by atoms with Gasteiger partial charge in [0.05, 0.1) is 12.8 Å². The maximum atomic E-state index is 9.64. The van der Waals surface area contributed by atoms with Crippen molar-refractivity contribution in [1.82, 2.24) is 0 Å². The summed E-state index contributed by atoms with van der Waals surface area (Å²) in [5.41, 5.74) is 5.17. The lowest BCUT2D eigenvalue weighted by atomic mass is 10.2. The molecule has 78 valence electrons. The largest absolute Gasteiger partial charge is 0.481 e. The van der Waals surface area contributed by atoms with Crippen molar-refractivity contribution in [3.8, 4) is 0 Å². The smallest absolute Gasteiger partial charge is 0.303 e. The van der Waals surface area contributed by atoms with E-state index in [2.05, 4.69) is 13.8 Å². The Bertz CT molecular complexity index is 142. The number of rotatable bonds is 4. The molecule has 5 heteroatoms. The van der Waals surface area contributed by atoms with Crippen LogP contribution in [0.3, 0.4) is 0 Å². The van der Waals surface area contributed by atoms with E-state index in [4.69, 9.17) is 15.9 Å². The molecule has 0 fully saturated rings. The van der Waals surface area contributed by atoms with Crippen LogP contribution in [-0.2, 0) is 9.59 Å². The average molecular weight is 191 g/mol. The van der Waals surface area contributed by atoms with Crippen LogP contribution < -0.4 is 5.73 Å². The van der Waals surface area contributed by atoms with Gasteiger partial charge in [-0.2, -0.15) is 0 Å². The summed E-state index contributed by atoms with van der Waals surface area (Å²) in [6, 6.07) is 0. The zero-order chi connectivity index (χ0) is 10.9. The highest BCUT2D eigenvalue weighted by atomic mass is 16.4. The van der Waals surface area contributed by atoms with E-state index in [1.54, 1.807) is 0 Å². The first-order valence-electron chi connectivity index (χ1n) is 4.03. The molecule has 0 radical (unpaired) electrons. The van der Waals surface area contributed by atoms with E-state index in [1.807, 2.05) is 0 Å². The second-order valence-electron chi connectivity index (χ2n) is 2.92. The van der Waals surface area contributed by atoms with Gasteiger partial charge in [-0.1, -0.05) is 13.8 Å². The van der Waals surface area contributed by atoms with Crippen LogP contribution in [0.5, 0.6) is 0 Å². The van der Waals surface area contributed by atoms with Gasteiger partial charge in [0.25, 0.3) is 0 Å². The molecule has 0 spiro atoms. The van der Waals surface area contributed by atoms with Crippen LogP contribution >= 0.6 is 0 Å². The van der Waals surface area contributed by atoms with Gasteiger partial charge in [-0.3, -0.25) is 9.59 Å². The molecule has 5 nitrogen and oxygen atoms in total. The van der Waals surface area contributed by atoms with Gasteiger partial charge in [-0.05, 0) is 12.5 Å². The minimum atomic E-state index is -1.08. The predicted octanol–water partition coefficient (Wildman–Crippen LogP) is 0.537. The van der Waals surface area contributed by atoms with Crippen molar-refractivity contribution in [2.24, 2.45) is 11.7 Å². The van der Waals surface area contributed by atoms with E-state index in [0.717, 1.165) is 6.54 Å². The third-order valence-corrected chi connectivity index (χ3v) is 1.02. The molecule has 0 rings (SSSR count). The molecule has 0 aromatic carbocycles. The van der Waals surface area contributed by atoms with Crippen LogP contribution in [0, 0.1) is 5.92 Å². The fraction of sp³-hybridized carbons (Fsp3) is 0.750. The van der Waals surface area contributed by atoms with Crippen molar-refractivity contribution >= 4 is 11.9 Å². The standard InChI is InChI=1S/C4H11N.C4H6O4/c1-4(2)3-5;5-3(6)1-2-4(7)8/h4H,3,5H2,1-2H3;1-2H2,(H,5,6)(H,7,8). The van der Waals surface area contributed by atoms with Gasteiger partial charge in [0, 0.05) is 0 Å². The lowest BCUT2D eigenvalue weighted by Crippen LogP contribution is -2.05. The van der Waals surface area contributed by atoms with E-state index in [1.165, 1.54) is 0 Å². The third kappa shape index (κ3) is 24.8. The van der Waals surface area contributed by atoms with E-state index in [9.17, 15) is 9.59 Å². The van der Waals surface area contributed by atoms with Crippen LogP contribution in [0.2, 0.25) is 0 Å². The van der Waals surface area contributed by atoms with E-state index >= 15 is 0 Å². The summed E-state index contributed by atoms with van der Waals surface area (Å²) in [5.74, 6) is -1.49. The van der Waals surface area contributed by atoms with Crippen LogP contribution in [0.1, 0.15) is 26.7 Å². The zero-order valence-electron chi connectivity index (χ0n) is 7.99. The molecule has 0 saturated heterocycles. The Balaban J connectivity index is 0. The highest BCUT2D eigenvalue weighted by molar-refractivity contribution is 5.75. The average Bonchev–Trinajstić information content (AvgIpc) is 2.02. The van der Waals surface area contributed by atoms with Gasteiger partial charge >= 0.3 is 11.9 Å². The number of nitrogens with two attached hydrogens (primary N) is 1. The highest BCUT2D eigenvalue weighted by Gasteiger charge is 2.00. The molecule has 0 atom stereocenters. The van der Waals surface area contributed by atoms with Crippen molar-refractivity contribution in [2.75, 3.05) is 6.54 Å². The number of carbonyl (C=O) groups is 2. The van der Waals surface area contributed by atoms with Gasteiger partial charge in [0.15, 0.2) is 0 Å². The first-order chi connectivity index (χ1) is 5.90. The maximum absolute atomic E-state index is 9.64. The summed E-state index contributed by atoms with van der Waals surface area (Å²) in [6.07, 6.45) is -0.593. The molecule has 0 bridgehead atoms. The Morgan fingerprint density at radius 2 is 1.38 bits per heavy atom. The molecular formula is C8H17NO4. The molecule has 0 amide bonds. The number of hydrogen-bond acceptors (Lipinski definition) is 3. The quantitative estimate of drug-likeness (QED) is 0.602. The lowest BCUT2D eigenvalue weighted by molar-refractivity contribution is -0.143. The van der Waals surface area contributed by atoms with E-state index in [0.29, 0.717) is 5.92 Å². The molecule has 0 aliphatic heterocycles. The topological polar surface area (TPSA) is 101 Å². The first kappa shape index (κ1) is 14.4. The molecule has 0 aromatic rings. The number of aliphatic carboxylic acids is 2. The summed E-state index contributed by atoms with van der Waals surface area (Å²) < 4.78 is 0. The molecule has 0 unspecified atom stereocenters. The Morgan fingerprint density at radius 1 is 1.15 bits per heavy atom. The monoisotopic (exact) mass is 191 g/mol. The van der Waals surface area contributed by atoms with Gasteiger partial charge in [0.1, 0.15) is 0 Å². The van der Waals surface area contributed by atoms with Crippen molar-refractivity contribution in [3.05, 3.63) is 0 Å². The molecule has 0 aliphatic carbocycles. The molecule has 0 aromatic heterocycles. The van der Waals surface area contributed by atoms with E-state index in [-0.39, 0.29) is 12.8 Å². The molecule has 0 heterocycles. The molecule has 0 aliphatic rings. The minimum Gasteiger partial charge on any atom is -0.481 e. The van der Waals surface area contributed by atoms with Gasteiger partial charge in [0.2, 0.25) is 0 Å². The number of carboxylic acid groups (broad SMARTS) is 2. The van der Waals surface area contributed by atoms with Crippen LogP contribution in [0.4, 0.5) is 0 Å². The normalized spacial score (nSPS) is 8.92. The fourth-order valence-corrected chi connectivity index (χ4v) is 0.214. The van der Waals surface area contributed by atoms with Crippen molar-refractivity contribution in [2.45, 2.75) is 26.7 Å². The van der Waals surface area contributed by atoms with Gasteiger partial charge in [-0.25, -0.2) is 0 Å². The van der Waals surface area contributed by atoms with Crippen molar-refractivity contribution in [3.63, 3.8) is 0 Å². The second-order valence-corrected chi connectivity index (χ2v) is 2.92. The zero-order valence-corrected chi connectivity index (χ0v) is 7.99. The summed E-state index contributed by atoms with van der Waals surface area (Å²) >= 11 is 0. The fourth-order valence-electron chi connectivity index (χ4n) is 0.214. The Labute approximate surface area is 77.6 Å². The maximum Gasteiger partial charge on any atom is 0.303 e. The number of carboxylic acids is 2. The Hall–Kier alpha value is -1.10. The van der Waals surface area contributed by atoms with Gasteiger partial charge < -0.3 is 15.9 Å². The van der Waals surface area contributed by atoms with Crippen molar-refractivity contribution < 1.29 is 19.8 Å². The molecule has 4 N–H and O–H groups in total. The van der Waals surface area contributed by atoms with E-state index < -0.39 is 11.9 Å². The van der Waals surface area contributed by atoms with Crippen molar-refractivity contribution in [1.29, 1.82) is 0 Å². The first-order valence-corrected chi connectivity index (χ1v) is 4.03. The third-order valence-electron chi connectivity index (χ3n) is 1.02. The molecule has 0 saturated carbocycles. The summed E-state index contributed by atoms with van der Waals surface area (Å²) in [5, 5.41) is 15.8. The molecular weight excluding hydrogens is 174 g/mol. The molecule has 13 heavy (non-hydrogen) atoms. The SMILES string of the molecule is CC(C)CN.O=C(O)CCC(=O)O. The summed E-state index contributed by atoms with van der Waals surface area (Å²) in [4.78, 5) is 19.3.